The predicted octanol–water partition coefficient (Wildman–Crippen LogP) is 7.19. The first-order valence-corrected chi connectivity index (χ1v) is 14.0. The van der Waals surface area contributed by atoms with Crippen LogP contribution in [0.3, 0.4) is 0 Å². The van der Waals surface area contributed by atoms with Gasteiger partial charge in [0.25, 0.3) is 0 Å². The number of carbonyl (C=O) groups excluding carboxylic acids is 1. The Kier molecular flexibility index (Phi) is 5.74. The second-order valence-corrected chi connectivity index (χ2v) is 10.5. The summed E-state index contributed by atoms with van der Waals surface area (Å²) in [5.41, 5.74) is 4.84. The van der Waals surface area contributed by atoms with Crippen molar-refractivity contribution in [3.63, 3.8) is 0 Å². The summed E-state index contributed by atoms with van der Waals surface area (Å²) < 4.78 is 12.6. The number of Topliss-reactive ketones (excluding diaryl/α,β-unsaturated/α-hetero) is 1. The Morgan fingerprint density at radius 1 is 0.786 bits per heavy atom. The van der Waals surface area contributed by atoms with Gasteiger partial charge in [0.1, 0.15) is 11.9 Å². The third-order valence-electron chi connectivity index (χ3n) is 8.07. The van der Waals surface area contributed by atoms with Gasteiger partial charge in [-0.1, -0.05) is 54.6 Å². The van der Waals surface area contributed by atoms with Gasteiger partial charge in [-0.2, -0.15) is 0 Å². The van der Waals surface area contributed by atoms with Gasteiger partial charge in [-0.25, -0.2) is 0 Å². The maximum absolute atomic E-state index is 14.7. The number of ether oxygens (including phenoxy) is 2. The summed E-state index contributed by atoms with van der Waals surface area (Å²) in [5.74, 6) is 1.67. The molecule has 3 atom stereocenters. The van der Waals surface area contributed by atoms with E-state index in [4.69, 9.17) is 9.47 Å². The summed E-state index contributed by atoms with van der Waals surface area (Å²) in [6, 6.07) is 25.6. The molecule has 7 nitrogen and oxygen atoms in total. The topological polar surface area (TPSA) is 67.3 Å². The van der Waals surface area contributed by atoms with Gasteiger partial charge in [0.15, 0.2) is 17.3 Å². The minimum Gasteiger partial charge on any atom is -0.482 e. The molecular formula is C35H26N4O3. The maximum atomic E-state index is 14.7. The van der Waals surface area contributed by atoms with Crippen molar-refractivity contribution < 1.29 is 14.3 Å². The summed E-state index contributed by atoms with van der Waals surface area (Å²) in [4.78, 5) is 28.0. The molecule has 3 unspecified atom stereocenters. The largest absolute Gasteiger partial charge is 0.482 e. The van der Waals surface area contributed by atoms with Crippen molar-refractivity contribution in [3.05, 3.63) is 133 Å². The number of carbonyl (C=O) groups is 1. The molecule has 1 aromatic heterocycles. The standard InChI is InChI=1S/C35H26N4O3/c40-35(23-21-36-19-17-25(23)38-27-9-1-5-13-31(27)41-32-14-6-2-10-28(32)38)24-22-37-20-18-26(24)39-29-11-3-7-15-33(29)42-34-16-8-4-12-30(34)39/h1-21,24,27,31H,22H2. The molecule has 4 aliphatic rings. The summed E-state index contributed by atoms with van der Waals surface area (Å²) in [6.45, 7) is 0.328. The quantitative estimate of drug-likeness (QED) is 0.251. The SMILES string of the molecule is O=C(c1cnccc1N1c2ccccc2OC2C=CC=CC21)C1CN=CC=C1N1c2ccccc2Oc2ccccc21. The van der Waals surface area contributed by atoms with Crippen LogP contribution < -0.4 is 19.3 Å². The van der Waals surface area contributed by atoms with Gasteiger partial charge in [0.2, 0.25) is 0 Å². The number of pyridine rings is 1. The molecule has 0 saturated heterocycles. The Hall–Kier alpha value is -5.43. The predicted molar refractivity (Wildman–Crippen MR) is 164 cm³/mol. The molecule has 0 saturated carbocycles. The first-order valence-electron chi connectivity index (χ1n) is 14.0. The van der Waals surface area contributed by atoms with E-state index in [0.717, 1.165) is 45.7 Å². The van der Waals surface area contributed by atoms with Gasteiger partial charge in [0.05, 0.1) is 46.8 Å². The molecule has 3 aliphatic heterocycles. The summed E-state index contributed by atoms with van der Waals surface area (Å²) >= 11 is 0. The molecule has 7 heteroatoms. The molecule has 3 aromatic carbocycles. The average molecular weight is 551 g/mol. The van der Waals surface area contributed by atoms with Gasteiger partial charge in [-0.3, -0.25) is 14.8 Å². The maximum Gasteiger partial charge on any atom is 0.177 e. The first-order chi connectivity index (χ1) is 20.8. The molecule has 4 heterocycles. The van der Waals surface area contributed by atoms with Crippen LogP contribution in [0.25, 0.3) is 0 Å². The van der Waals surface area contributed by atoms with E-state index in [0.29, 0.717) is 12.1 Å². The van der Waals surface area contributed by atoms with E-state index in [1.54, 1.807) is 18.6 Å². The van der Waals surface area contributed by atoms with Crippen molar-refractivity contribution in [1.82, 2.24) is 4.98 Å². The lowest BCUT2D eigenvalue weighted by atomic mass is 9.90. The van der Waals surface area contributed by atoms with E-state index in [2.05, 4.69) is 31.9 Å². The molecule has 42 heavy (non-hydrogen) atoms. The van der Waals surface area contributed by atoms with Gasteiger partial charge in [-0.05, 0) is 54.6 Å². The Bertz CT molecular complexity index is 1800. The smallest absolute Gasteiger partial charge is 0.177 e. The molecule has 0 bridgehead atoms. The zero-order valence-corrected chi connectivity index (χ0v) is 22.6. The van der Waals surface area contributed by atoms with Crippen LogP contribution in [0, 0.1) is 5.92 Å². The number of nitrogens with zero attached hydrogens (tertiary/aromatic N) is 4. The van der Waals surface area contributed by atoms with Crippen LogP contribution in [0.5, 0.6) is 17.2 Å². The van der Waals surface area contributed by atoms with Gasteiger partial charge in [0, 0.05) is 24.3 Å². The Morgan fingerprint density at radius 2 is 1.48 bits per heavy atom. The number of fused-ring (bicyclic) bond motifs is 4. The number of dihydropyridines is 1. The van der Waals surface area contributed by atoms with Crippen LogP contribution >= 0.6 is 0 Å². The Balaban J connectivity index is 1.24. The van der Waals surface area contributed by atoms with Crippen molar-refractivity contribution in [2.45, 2.75) is 12.1 Å². The second kappa shape index (κ2) is 9.89. The summed E-state index contributed by atoms with van der Waals surface area (Å²) in [6.07, 6.45) is 15.2. The van der Waals surface area contributed by atoms with E-state index in [9.17, 15) is 4.79 Å². The van der Waals surface area contributed by atoms with Crippen LogP contribution in [0.4, 0.5) is 22.7 Å². The lowest BCUT2D eigenvalue weighted by molar-refractivity contribution is 0.0942. The highest BCUT2D eigenvalue weighted by atomic mass is 16.5. The fraction of sp³-hybridized carbons (Fsp3) is 0.114. The minimum absolute atomic E-state index is 0.0430. The lowest BCUT2D eigenvalue weighted by Crippen LogP contribution is -2.46. The molecule has 0 spiro atoms. The molecule has 0 amide bonds. The molecule has 204 valence electrons. The summed E-state index contributed by atoms with van der Waals surface area (Å²) in [7, 11) is 0. The normalized spacial score (nSPS) is 21.2. The second-order valence-electron chi connectivity index (χ2n) is 10.5. The van der Waals surface area contributed by atoms with Crippen LogP contribution in [0.1, 0.15) is 10.4 Å². The van der Waals surface area contributed by atoms with E-state index in [1.807, 2.05) is 97.1 Å². The first kappa shape index (κ1) is 24.4. The molecule has 0 radical (unpaired) electrons. The van der Waals surface area contributed by atoms with Crippen molar-refractivity contribution >= 4 is 34.7 Å². The highest BCUT2D eigenvalue weighted by molar-refractivity contribution is 6.07. The van der Waals surface area contributed by atoms with E-state index in [-0.39, 0.29) is 17.9 Å². The molecule has 0 fully saturated rings. The Labute approximate surface area is 243 Å². The molecule has 1 aliphatic carbocycles. The third-order valence-corrected chi connectivity index (χ3v) is 8.07. The molecular weight excluding hydrogens is 524 g/mol. The zero-order chi connectivity index (χ0) is 28.0. The van der Waals surface area contributed by atoms with Crippen molar-refractivity contribution in [2.75, 3.05) is 16.3 Å². The number of aromatic nitrogens is 1. The number of ketones is 1. The van der Waals surface area contributed by atoms with Gasteiger partial charge in [-0.15, -0.1) is 0 Å². The number of allylic oxidation sites excluding steroid dienone is 3. The fourth-order valence-corrected chi connectivity index (χ4v) is 6.18. The van der Waals surface area contributed by atoms with Gasteiger partial charge < -0.3 is 19.3 Å². The van der Waals surface area contributed by atoms with Crippen LogP contribution in [0.2, 0.25) is 0 Å². The molecule has 4 aromatic rings. The average Bonchev–Trinajstić information content (AvgIpc) is 3.06. The summed E-state index contributed by atoms with van der Waals surface area (Å²) in [5, 5.41) is 0. The monoisotopic (exact) mass is 550 g/mol. The van der Waals surface area contributed by atoms with Crippen molar-refractivity contribution in [3.8, 4) is 17.2 Å². The fourth-order valence-electron chi connectivity index (χ4n) is 6.18. The number of aliphatic imine (C=N–C) groups is 1. The number of hydrogen-bond donors (Lipinski definition) is 0. The van der Waals surface area contributed by atoms with Crippen molar-refractivity contribution in [1.29, 1.82) is 0 Å². The van der Waals surface area contributed by atoms with Gasteiger partial charge >= 0.3 is 0 Å². The molecule has 8 rings (SSSR count). The van der Waals surface area contributed by atoms with Crippen LogP contribution in [-0.4, -0.2) is 35.7 Å². The van der Waals surface area contributed by atoms with E-state index in [1.165, 1.54) is 0 Å². The minimum atomic E-state index is -0.536. The highest BCUT2D eigenvalue weighted by Crippen LogP contribution is 2.50. The zero-order valence-electron chi connectivity index (χ0n) is 22.6. The Morgan fingerprint density at radius 3 is 2.26 bits per heavy atom. The third kappa shape index (κ3) is 3.85. The van der Waals surface area contributed by atoms with Crippen molar-refractivity contribution in [2.24, 2.45) is 10.9 Å². The van der Waals surface area contributed by atoms with Crippen LogP contribution in [-0.2, 0) is 0 Å². The number of benzene rings is 3. The molecule has 0 N–H and O–H groups in total. The number of rotatable bonds is 4. The number of anilines is 4. The number of hydrogen-bond acceptors (Lipinski definition) is 7. The van der Waals surface area contributed by atoms with E-state index < -0.39 is 5.92 Å². The lowest BCUT2D eigenvalue weighted by Gasteiger charge is -2.43. The number of para-hydroxylation sites is 6. The van der Waals surface area contributed by atoms with E-state index >= 15 is 0 Å². The van der Waals surface area contributed by atoms with Crippen LogP contribution in [0.15, 0.2) is 132 Å². The highest BCUT2D eigenvalue weighted by Gasteiger charge is 2.39.